The normalized spacial score (nSPS) is 11.2. The Morgan fingerprint density at radius 3 is 2.33 bits per heavy atom. The number of benzene rings is 2. The minimum Gasteiger partial charge on any atom is -0.497 e. The van der Waals surface area contributed by atoms with Crippen LogP contribution in [-0.2, 0) is 6.54 Å². The average Bonchev–Trinajstić information content (AvgIpc) is 3.10. The molecular weight excluding hydrogens is 394 g/mol. The third-order valence-corrected chi connectivity index (χ3v) is 6.05. The van der Waals surface area contributed by atoms with Crippen molar-refractivity contribution >= 4 is 17.5 Å². The molecular formula is C24H29N3O2S. The summed E-state index contributed by atoms with van der Waals surface area (Å²) >= 11 is 1.45. The number of hydrogen-bond acceptors (Lipinski definition) is 5. The van der Waals surface area contributed by atoms with E-state index in [1.54, 1.807) is 7.11 Å². The van der Waals surface area contributed by atoms with Crippen LogP contribution in [0.4, 0.5) is 0 Å². The highest BCUT2D eigenvalue weighted by Crippen LogP contribution is 2.27. The first-order chi connectivity index (χ1) is 14.3. The zero-order valence-electron chi connectivity index (χ0n) is 18.5. The molecule has 5 nitrogen and oxygen atoms in total. The van der Waals surface area contributed by atoms with E-state index >= 15 is 0 Å². The number of aryl methyl sites for hydroxylation is 3. The fraction of sp³-hybridized carbons (Fsp3) is 0.375. The molecule has 3 aromatic rings. The van der Waals surface area contributed by atoms with Crippen LogP contribution in [0, 0.1) is 26.7 Å². The van der Waals surface area contributed by atoms with Gasteiger partial charge in [-0.1, -0.05) is 31.7 Å². The van der Waals surface area contributed by atoms with Crippen LogP contribution in [0.1, 0.15) is 40.9 Å². The summed E-state index contributed by atoms with van der Waals surface area (Å²) in [4.78, 5) is 12.9. The molecule has 0 bridgehead atoms. The van der Waals surface area contributed by atoms with E-state index < -0.39 is 0 Å². The summed E-state index contributed by atoms with van der Waals surface area (Å²) in [5, 5.41) is 9.60. The highest BCUT2D eigenvalue weighted by atomic mass is 32.2. The first kappa shape index (κ1) is 22.1. The maximum Gasteiger partial charge on any atom is 0.191 e. The van der Waals surface area contributed by atoms with E-state index in [2.05, 4.69) is 41.6 Å². The van der Waals surface area contributed by atoms with Gasteiger partial charge in [0.05, 0.1) is 12.9 Å². The van der Waals surface area contributed by atoms with Gasteiger partial charge in [-0.15, -0.1) is 10.2 Å². The van der Waals surface area contributed by atoms with Crippen molar-refractivity contribution < 1.29 is 9.53 Å². The van der Waals surface area contributed by atoms with Gasteiger partial charge in [0.2, 0.25) is 0 Å². The Morgan fingerprint density at radius 1 is 1.03 bits per heavy atom. The molecule has 0 aliphatic heterocycles. The van der Waals surface area contributed by atoms with Crippen molar-refractivity contribution in [1.29, 1.82) is 0 Å². The summed E-state index contributed by atoms with van der Waals surface area (Å²) in [5.41, 5.74) is 5.13. The fourth-order valence-electron chi connectivity index (χ4n) is 3.35. The third kappa shape index (κ3) is 4.93. The number of Topliss-reactive ketones (excluding diaryl/α,β-unsaturated/α-hetero) is 1. The quantitative estimate of drug-likeness (QED) is 0.353. The number of thioether (sulfide) groups is 1. The first-order valence-electron chi connectivity index (χ1n) is 10.1. The van der Waals surface area contributed by atoms with E-state index in [0.717, 1.165) is 45.5 Å². The Balaban J connectivity index is 1.84. The lowest BCUT2D eigenvalue weighted by Gasteiger charge is -2.13. The molecule has 3 rings (SSSR count). The Hall–Kier alpha value is -2.60. The number of aromatic nitrogens is 3. The number of carbonyl (C=O) groups is 1. The van der Waals surface area contributed by atoms with Gasteiger partial charge in [0.15, 0.2) is 16.8 Å². The van der Waals surface area contributed by atoms with Gasteiger partial charge in [0, 0.05) is 17.7 Å². The van der Waals surface area contributed by atoms with Crippen LogP contribution in [0.2, 0.25) is 0 Å². The van der Waals surface area contributed by atoms with E-state index in [-0.39, 0.29) is 5.78 Å². The number of nitrogens with zero attached hydrogens (tertiary/aromatic N) is 3. The summed E-state index contributed by atoms with van der Waals surface area (Å²) in [6, 6.07) is 11.9. The number of carbonyl (C=O) groups excluding carboxylic acids is 1. The molecule has 0 fully saturated rings. The lowest BCUT2D eigenvalue weighted by atomic mass is 9.99. The number of ketones is 1. The predicted molar refractivity (Wildman–Crippen MR) is 123 cm³/mol. The Kier molecular flexibility index (Phi) is 6.98. The topological polar surface area (TPSA) is 57.0 Å². The van der Waals surface area contributed by atoms with E-state index in [9.17, 15) is 4.79 Å². The number of methoxy groups -OCH3 is 1. The molecule has 1 aromatic heterocycles. The highest BCUT2D eigenvalue weighted by Gasteiger charge is 2.18. The molecule has 6 heteroatoms. The maximum absolute atomic E-state index is 12.9. The van der Waals surface area contributed by atoms with E-state index in [1.807, 2.05) is 44.2 Å². The largest absolute Gasteiger partial charge is 0.497 e. The van der Waals surface area contributed by atoms with Gasteiger partial charge in [0.25, 0.3) is 0 Å². The average molecular weight is 424 g/mol. The summed E-state index contributed by atoms with van der Waals surface area (Å²) in [7, 11) is 1.65. The number of ether oxygens (including phenoxy) is 1. The van der Waals surface area contributed by atoms with Gasteiger partial charge in [-0.3, -0.25) is 4.79 Å². The molecule has 0 unspecified atom stereocenters. The number of rotatable bonds is 8. The second kappa shape index (κ2) is 9.47. The molecule has 0 aliphatic carbocycles. The molecule has 1 heterocycles. The first-order valence-corrected chi connectivity index (χ1v) is 11.1. The van der Waals surface area contributed by atoms with Crippen LogP contribution in [0.15, 0.2) is 41.6 Å². The van der Waals surface area contributed by atoms with Gasteiger partial charge >= 0.3 is 0 Å². The molecule has 0 saturated heterocycles. The molecule has 158 valence electrons. The second-order valence-corrected chi connectivity index (χ2v) is 8.94. The second-order valence-electron chi connectivity index (χ2n) is 8.00. The van der Waals surface area contributed by atoms with Crippen molar-refractivity contribution in [2.45, 2.75) is 46.3 Å². The highest BCUT2D eigenvalue weighted by molar-refractivity contribution is 7.99. The van der Waals surface area contributed by atoms with Crippen molar-refractivity contribution in [3.05, 3.63) is 58.7 Å². The van der Waals surface area contributed by atoms with Crippen molar-refractivity contribution in [1.82, 2.24) is 14.8 Å². The molecule has 0 atom stereocenters. The molecule has 2 aromatic carbocycles. The molecule has 0 N–H and O–H groups in total. The van der Waals surface area contributed by atoms with Gasteiger partial charge in [0.1, 0.15) is 5.75 Å². The van der Waals surface area contributed by atoms with Gasteiger partial charge < -0.3 is 9.30 Å². The summed E-state index contributed by atoms with van der Waals surface area (Å²) < 4.78 is 7.36. The summed E-state index contributed by atoms with van der Waals surface area (Å²) in [6.45, 7) is 11.2. The molecule has 0 spiro atoms. The lowest BCUT2D eigenvalue weighted by Crippen LogP contribution is -2.10. The SMILES string of the molecule is COc1ccc(-c2nnc(SCC(=O)c3cc(C)c(C)cc3C)n2CC(C)C)cc1. The van der Waals surface area contributed by atoms with E-state index in [1.165, 1.54) is 17.3 Å². The zero-order valence-corrected chi connectivity index (χ0v) is 19.3. The molecule has 0 radical (unpaired) electrons. The molecule has 0 amide bonds. The van der Waals surface area contributed by atoms with E-state index in [0.29, 0.717) is 11.7 Å². The molecule has 0 aliphatic rings. The Bertz CT molecular complexity index is 1040. The van der Waals surface area contributed by atoms with Crippen molar-refractivity contribution in [2.24, 2.45) is 5.92 Å². The van der Waals surface area contributed by atoms with Crippen LogP contribution in [-0.4, -0.2) is 33.4 Å². The minimum absolute atomic E-state index is 0.116. The molecule has 30 heavy (non-hydrogen) atoms. The summed E-state index contributed by atoms with van der Waals surface area (Å²) in [6.07, 6.45) is 0. The third-order valence-electron chi connectivity index (χ3n) is 5.09. The maximum atomic E-state index is 12.9. The van der Waals surface area contributed by atoms with Gasteiger partial charge in [-0.25, -0.2) is 0 Å². The predicted octanol–water partition coefficient (Wildman–Crippen LogP) is 5.51. The van der Waals surface area contributed by atoms with Crippen molar-refractivity contribution in [2.75, 3.05) is 12.9 Å². The number of hydrogen-bond donors (Lipinski definition) is 0. The van der Waals surface area contributed by atoms with Gasteiger partial charge in [-0.05, 0) is 73.7 Å². The Labute approximate surface area is 182 Å². The van der Waals surface area contributed by atoms with Crippen LogP contribution < -0.4 is 4.74 Å². The van der Waals surface area contributed by atoms with Crippen LogP contribution in [0.25, 0.3) is 11.4 Å². The van der Waals surface area contributed by atoms with Crippen LogP contribution in [0.5, 0.6) is 5.75 Å². The van der Waals surface area contributed by atoms with Crippen LogP contribution in [0.3, 0.4) is 0 Å². The fourth-order valence-corrected chi connectivity index (χ4v) is 4.18. The monoisotopic (exact) mass is 423 g/mol. The zero-order chi connectivity index (χ0) is 21.8. The van der Waals surface area contributed by atoms with Crippen molar-refractivity contribution in [3.8, 4) is 17.1 Å². The van der Waals surface area contributed by atoms with Gasteiger partial charge in [-0.2, -0.15) is 0 Å². The Morgan fingerprint density at radius 2 is 1.70 bits per heavy atom. The van der Waals surface area contributed by atoms with Crippen LogP contribution >= 0.6 is 11.8 Å². The summed E-state index contributed by atoms with van der Waals surface area (Å²) in [5.74, 6) is 2.49. The smallest absolute Gasteiger partial charge is 0.191 e. The van der Waals surface area contributed by atoms with Crippen molar-refractivity contribution in [3.63, 3.8) is 0 Å². The minimum atomic E-state index is 0.116. The van der Waals surface area contributed by atoms with E-state index in [4.69, 9.17) is 4.74 Å². The lowest BCUT2D eigenvalue weighted by molar-refractivity contribution is 0.102. The molecule has 0 saturated carbocycles. The standard InChI is InChI=1S/C24H29N3O2S/c1-15(2)13-27-23(19-7-9-20(29-6)10-8-19)25-26-24(27)30-14-22(28)21-12-17(4)16(3)11-18(21)5/h7-12,15H,13-14H2,1-6H3.